The molecule has 0 bridgehead atoms. The molecule has 1 amide bonds. The van der Waals surface area contributed by atoms with Crippen LogP contribution in [0.25, 0.3) is 0 Å². The molecule has 1 heterocycles. The summed E-state index contributed by atoms with van der Waals surface area (Å²) in [6.45, 7) is 4.30. The van der Waals surface area contributed by atoms with E-state index in [1.165, 1.54) is 5.56 Å². The number of aliphatic hydroxyl groups is 1. The van der Waals surface area contributed by atoms with E-state index >= 15 is 0 Å². The maximum atomic E-state index is 12.7. The molecule has 0 aliphatic carbocycles. The molecule has 0 spiro atoms. The minimum absolute atomic E-state index is 0.0596. The average molecular weight is 414 g/mol. The van der Waals surface area contributed by atoms with Crippen molar-refractivity contribution in [3.63, 3.8) is 0 Å². The Morgan fingerprint density at radius 3 is 2.45 bits per heavy atom. The standard InChI is InChI=1S/C22H24ClN3O3/c1-14-4-6-16(7-5-14)13-26-21(23)20(15(2)25-26)22(28)24-12-19(27)17-8-10-18(29-3)11-9-17/h4-11,19,27H,12-13H2,1-3H3,(H,24,28). The van der Waals surface area contributed by atoms with Crippen molar-refractivity contribution in [2.24, 2.45) is 0 Å². The Morgan fingerprint density at radius 1 is 1.17 bits per heavy atom. The summed E-state index contributed by atoms with van der Waals surface area (Å²) >= 11 is 6.43. The number of aryl methyl sites for hydroxylation is 2. The fourth-order valence-corrected chi connectivity index (χ4v) is 3.32. The van der Waals surface area contributed by atoms with Gasteiger partial charge in [0.05, 0.1) is 31.0 Å². The first kappa shape index (κ1) is 20.9. The van der Waals surface area contributed by atoms with E-state index in [0.29, 0.717) is 29.1 Å². The van der Waals surface area contributed by atoms with Gasteiger partial charge in [-0.25, -0.2) is 4.68 Å². The molecule has 0 saturated carbocycles. The molecule has 6 nitrogen and oxygen atoms in total. The first-order chi connectivity index (χ1) is 13.9. The largest absolute Gasteiger partial charge is 0.497 e. The van der Waals surface area contributed by atoms with Crippen LogP contribution in [0.4, 0.5) is 0 Å². The van der Waals surface area contributed by atoms with Crippen LogP contribution in [0, 0.1) is 13.8 Å². The van der Waals surface area contributed by atoms with Crippen LogP contribution < -0.4 is 10.1 Å². The van der Waals surface area contributed by atoms with Gasteiger partial charge in [0.25, 0.3) is 5.91 Å². The number of benzene rings is 2. The lowest BCUT2D eigenvalue weighted by Crippen LogP contribution is -2.28. The fourth-order valence-electron chi connectivity index (χ4n) is 3.00. The van der Waals surface area contributed by atoms with Crippen LogP contribution in [0.2, 0.25) is 5.15 Å². The molecule has 1 aromatic heterocycles. The molecule has 2 N–H and O–H groups in total. The zero-order valence-corrected chi connectivity index (χ0v) is 17.4. The molecule has 0 aliphatic rings. The molecule has 0 saturated heterocycles. The Kier molecular flexibility index (Phi) is 6.56. The third-order valence-corrected chi connectivity index (χ3v) is 5.09. The number of rotatable bonds is 7. The molecule has 1 unspecified atom stereocenters. The minimum Gasteiger partial charge on any atom is -0.497 e. The molecule has 2 aromatic carbocycles. The number of aromatic nitrogens is 2. The number of nitrogens with zero attached hydrogens (tertiary/aromatic N) is 2. The van der Waals surface area contributed by atoms with Gasteiger partial charge in [0.2, 0.25) is 0 Å². The van der Waals surface area contributed by atoms with Gasteiger partial charge in [0, 0.05) is 6.54 Å². The highest BCUT2D eigenvalue weighted by atomic mass is 35.5. The van der Waals surface area contributed by atoms with Gasteiger partial charge in [0.1, 0.15) is 10.9 Å². The smallest absolute Gasteiger partial charge is 0.256 e. The summed E-state index contributed by atoms with van der Waals surface area (Å²) in [5.74, 6) is 0.337. The van der Waals surface area contributed by atoms with E-state index in [2.05, 4.69) is 10.4 Å². The topological polar surface area (TPSA) is 76.4 Å². The molecule has 7 heteroatoms. The molecule has 1 atom stereocenters. The molecule has 3 aromatic rings. The summed E-state index contributed by atoms with van der Waals surface area (Å²) in [5.41, 5.74) is 3.76. The summed E-state index contributed by atoms with van der Waals surface area (Å²) in [5, 5.41) is 17.7. The highest BCUT2D eigenvalue weighted by molar-refractivity contribution is 6.33. The van der Waals surface area contributed by atoms with E-state index in [1.54, 1.807) is 43.0 Å². The van der Waals surface area contributed by atoms with Crippen molar-refractivity contribution in [3.05, 3.63) is 81.6 Å². The number of nitrogens with one attached hydrogen (secondary N) is 1. The number of carbonyl (C=O) groups is 1. The summed E-state index contributed by atoms with van der Waals surface area (Å²) in [4.78, 5) is 12.7. The monoisotopic (exact) mass is 413 g/mol. The molecular weight excluding hydrogens is 390 g/mol. The molecule has 0 fully saturated rings. The Labute approximate surface area is 175 Å². The van der Waals surface area contributed by atoms with Gasteiger partial charge in [-0.3, -0.25) is 4.79 Å². The van der Waals surface area contributed by atoms with Crippen molar-refractivity contribution in [2.45, 2.75) is 26.5 Å². The van der Waals surface area contributed by atoms with Gasteiger partial charge < -0.3 is 15.2 Å². The third kappa shape index (κ3) is 4.96. The number of hydrogen-bond donors (Lipinski definition) is 2. The van der Waals surface area contributed by atoms with E-state index < -0.39 is 6.10 Å². The molecule has 29 heavy (non-hydrogen) atoms. The van der Waals surface area contributed by atoms with Crippen molar-refractivity contribution in [2.75, 3.05) is 13.7 Å². The number of amides is 1. The number of aliphatic hydroxyl groups excluding tert-OH is 1. The quantitative estimate of drug-likeness (QED) is 0.619. The SMILES string of the molecule is COc1ccc(C(O)CNC(=O)c2c(C)nn(Cc3ccc(C)cc3)c2Cl)cc1. The van der Waals surface area contributed by atoms with Crippen molar-refractivity contribution in [1.82, 2.24) is 15.1 Å². The van der Waals surface area contributed by atoms with E-state index in [9.17, 15) is 9.90 Å². The molecule has 3 rings (SSSR count). The lowest BCUT2D eigenvalue weighted by molar-refractivity contribution is 0.0915. The maximum absolute atomic E-state index is 12.7. The Morgan fingerprint density at radius 2 is 1.83 bits per heavy atom. The number of ether oxygens (including phenoxy) is 1. The number of methoxy groups -OCH3 is 1. The second-order valence-corrected chi connectivity index (χ2v) is 7.25. The maximum Gasteiger partial charge on any atom is 0.256 e. The Bertz CT molecular complexity index is 982. The summed E-state index contributed by atoms with van der Waals surface area (Å²) in [7, 11) is 1.58. The van der Waals surface area contributed by atoms with E-state index in [0.717, 1.165) is 5.56 Å². The highest BCUT2D eigenvalue weighted by Gasteiger charge is 2.21. The normalized spacial score (nSPS) is 11.9. The zero-order chi connectivity index (χ0) is 21.0. The second kappa shape index (κ2) is 9.11. The first-order valence-electron chi connectivity index (χ1n) is 9.27. The van der Waals surface area contributed by atoms with Crippen LogP contribution in [-0.2, 0) is 6.54 Å². The van der Waals surface area contributed by atoms with Crippen molar-refractivity contribution in [1.29, 1.82) is 0 Å². The van der Waals surface area contributed by atoms with Crippen LogP contribution in [-0.4, -0.2) is 34.4 Å². The van der Waals surface area contributed by atoms with E-state index in [1.807, 2.05) is 31.2 Å². The minimum atomic E-state index is -0.841. The van der Waals surface area contributed by atoms with Crippen molar-refractivity contribution in [3.8, 4) is 5.75 Å². The highest BCUT2D eigenvalue weighted by Crippen LogP contribution is 2.22. The zero-order valence-electron chi connectivity index (χ0n) is 16.6. The van der Waals surface area contributed by atoms with Gasteiger partial charge in [-0.1, -0.05) is 53.6 Å². The third-order valence-electron chi connectivity index (χ3n) is 4.70. The van der Waals surface area contributed by atoms with Crippen LogP contribution >= 0.6 is 11.6 Å². The predicted molar refractivity (Wildman–Crippen MR) is 113 cm³/mol. The number of halogens is 1. The number of hydrogen-bond acceptors (Lipinski definition) is 4. The summed E-state index contributed by atoms with van der Waals surface area (Å²) in [6, 6.07) is 15.1. The van der Waals surface area contributed by atoms with Gasteiger partial charge in [0.15, 0.2) is 0 Å². The Balaban J connectivity index is 1.67. The first-order valence-corrected chi connectivity index (χ1v) is 9.65. The average Bonchev–Trinajstić information content (AvgIpc) is 3.00. The molecule has 152 valence electrons. The van der Waals surface area contributed by atoms with Crippen LogP contribution in [0.15, 0.2) is 48.5 Å². The van der Waals surface area contributed by atoms with Crippen molar-refractivity contribution >= 4 is 17.5 Å². The van der Waals surface area contributed by atoms with Gasteiger partial charge in [-0.2, -0.15) is 5.10 Å². The molecular formula is C22H24ClN3O3. The number of carbonyl (C=O) groups excluding carboxylic acids is 1. The van der Waals surface area contributed by atoms with Gasteiger partial charge >= 0.3 is 0 Å². The second-order valence-electron chi connectivity index (χ2n) is 6.89. The van der Waals surface area contributed by atoms with Crippen molar-refractivity contribution < 1.29 is 14.6 Å². The summed E-state index contributed by atoms with van der Waals surface area (Å²) < 4.78 is 6.71. The van der Waals surface area contributed by atoms with E-state index in [4.69, 9.17) is 16.3 Å². The van der Waals surface area contributed by atoms with Crippen LogP contribution in [0.5, 0.6) is 5.75 Å². The lowest BCUT2D eigenvalue weighted by Gasteiger charge is -2.13. The summed E-state index contributed by atoms with van der Waals surface area (Å²) in [6.07, 6.45) is -0.841. The van der Waals surface area contributed by atoms with Crippen LogP contribution in [0.3, 0.4) is 0 Å². The van der Waals surface area contributed by atoms with Crippen LogP contribution in [0.1, 0.15) is 38.8 Å². The molecule has 0 radical (unpaired) electrons. The van der Waals surface area contributed by atoms with Gasteiger partial charge in [-0.15, -0.1) is 0 Å². The molecule has 0 aliphatic heterocycles. The fraction of sp³-hybridized carbons (Fsp3) is 0.273. The predicted octanol–water partition coefficient (Wildman–Crippen LogP) is 3.67. The van der Waals surface area contributed by atoms with E-state index in [-0.39, 0.29) is 17.6 Å². The van der Waals surface area contributed by atoms with Gasteiger partial charge in [-0.05, 0) is 37.1 Å². The lowest BCUT2D eigenvalue weighted by atomic mass is 10.1. The Hall–Kier alpha value is -2.83.